The maximum atomic E-state index is 13.1. The van der Waals surface area contributed by atoms with Crippen molar-refractivity contribution >= 4 is 17.0 Å². The molecule has 0 bridgehead atoms. The van der Waals surface area contributed by atoms with Crippen LogP contribution in [0.2, 0.25) is 0 Å². The second-order valence-electron chi connectivity index (χ2n) is 6.94. The maximum Gasteiger partial charge on any atom is 0.416 e. The molecule has 166 valence electrons. The first-order valence-electron chi connectivity index (χ1n) is 9.16. The molecule has 0 amide bonds. The van der Waals surface area contributed by atoms with Crippen molar-refractivity contribution in [2.75, 3.05) is 12.3 Å². The molecule has 3 aromatic rings. The third-order valence-electron chi connectivity index (χ3n) is 5.01. The van der Waals surface area contributed by atoms with Crippen LogP contribution in [-0.4, -0.2) is 54.8 Å². The monoisotopic (exact) mass is 442 g/mol. The lowest BCUT2D eigenvalue weighted by Crippen LogP contribution is -2.45. The van der Waals surface area contributed by atoms with E-state index in [4.69, 9.17) is 15.3 Å². The summed E-state index contributed by atoms with van der Waals surface area (Å²) >= 11 is 0. The Labute approximate surface area is 172 Å². The molecule has 0 spiro atoms. The van der Waals surface area contributed by atoms with Crippen LogP contribution in [0, 0.1) is 0 Å². The van der Waals surface area contributed by atoms with E-state index in [1.165, 1.54) is 29.1 Å². The van der Waals surface area contributed by atoms with Gasteiger partial charge < -0.3 is 30.6 Å². The molecule has 0 aliphatic carbocycles. The SMILES string of the molecule is Nc1c2ncn([C@@H]3O[C@H](CO)[C@@H](O)[C@H]3O)c2nc[n+]1OCc1ccccc1C(F)(F)F. The van der Waals surface area contributed by atoms with Crippen LogP contribution in [0.15, 0.2) is 36.9 Å². The summed E-state index contributed by atoms with van der Waals surface area (Å²) < 4.78 is 47.2. The number of imidazole rings is 1. The van der Waals surface area contributed by atoms with Gasteiger partial charge in [0.25, 0.3) is 12.1 Å². The van der Waals surface area contributed by atoms with Crippen LogP contribution < -0.4 is 15.3 Å². The van der Waals surface area contributed by atoms with E-state index in [2.05, 4.69) is 9.97 Å². The summed E-state index contributed by atoms with van der Waals surface area (Å²) in [5.74, 6) is -0.0417. The lowest BCUT2D eigenvalue weighted by Gasteiger charge is -2.15. The molecular weight excluding hydrogens is 423 g/mol. The van der Waals surface area contributed by atoms with E-state index >= 15 is 0 Å². The van der Waals surface area contributed by atoms with Crippen LogP contribution in [0.1, 0.15) is 17.4 Å². The number of aromatic nitrogens is 4. The molecule has 1 aromatic carbocycles. The average Bonchev–Trinajstić information content (AvgIpc) is 3.29. The van der Waals surface area contributed by atoms with Gasteiger partial charge >= 0.3 is 6.18 Å². The number of alkyl halides is 3. The minimum absolute atomic E-state index is 0.0417. The first-order valence-corrected chi connectivity index (χ1v) is 9.16. The summed E-state index contributed by atoms with van der Waals surface area (Å²) in [6, 6.07) is 5.00. The van der Waals surface area contributed by atoms with Crippen LogP contribution in [0.5, 0.6) is 0 Å². The van der Waals surface area contributed by atoms with Gasteiger partial charge in [-0.1, -0.05) is 27.9 Å². The van der Waals surface area contributed by atoms with Crippen LogP contribution in [0.25, 0.3) is 11.2 Å². The van der Waals surface area contributed by atoms with Crippen LogP contribution in [0.3, 0.4) is 0 Å². The normalized spacial score (nSPS) is 24.1. The number of halogens is 3. The molecular formula is C18H19F3N5O5+. The molecule has 3 heterocycles. The van der Waals surface area contributed by atoms with Crippen molar-refractivity contribution in [2.24, 2.45) is 0 Å². The summed E-state index contributed by atoms with van der Waals surface area (Å²) in [7, 11) is 0. The van der Waals surface area contributed by atoms with Crippen molar-refractivity contribution < 1.29 is 42.8 Å². The Kier molecular flexibility index (Phi) is 5.43. The standard InChI is InChI=1S/C18H18F3N5O5/c19-18(20,21)10-4-2-1-3-9(10)6-30-26-8-24-16-12(15(26)22)23-7-25(16)17-14(29)13(28)11(5-27)31-17/h1-4,7-8,11,13-14,17,22,27-29H,5-6H2/p+1/t11-,13-,14-,17-/m1/s1. The molecule has 4 rings (SSSR count). The zero-order valence-electron chi connectivity index (χ0n) is 15.8. The molecule has 0 saturated carbocycles. The van der Waals surface area contributed by atoms with Crippen molar-refractivity contribution in [3.63, 3.8) is 0 Å². The van der Waals surface area contributed by atoms with E-state index in [1.54, 1.807) is 0 Å². The molecule has 0 radical (unpaired) electrons. The van der Waals surface area contributed by atoms with Crippen molar-refractivity contribution in [1.29, 1.82) is 0 Å². The first-order chi connectivity index (χ1) is 14.7. The third-order valence-corrected chi connectivity index (χ3v) is 5.01. The lowest BCUT2D eigenvalue weighted by molar-refractivity contribution is -0.885. The Morgan fingerprint density at radius 2 is 1.94 bits per heavy atom. The molecule has 1 aliphatic rings. The van der Waals surface area contributed by atoms with Crippen LogP contribution >= 0.6 is 0 Å². The Morgan fingerprint density at radius 3 is 2.61 bits per heavy atom. The number of benzene rings is 1. The van der Waals surface area contributed by atoms with Crippen molar-refractivity contribution in [1.82, 2.24) is 14.5 Å². The summed E-state index contributed by atoms with van der Waals surface area (Å²) in [4.78, 5) is 13.6. The molecule has 13 heteroatoms. The number of fused-ring (bicyclic) bond motifs is 1. The van der Waals surface area contributed by atoms with Gasteiger partial charge in [0.15, 0.2) is 12.8 Å². The highest BCUT2D eigenvalue weighted by atomic mass is 19.4. The van der Waals surface area contributed by atoms with Gasteiger partial charge in [-0.05, 0) is 6.07 Å². The number of anilines is 1. The van der Waals surface area contributed by atoms with Crippen LogP contribution in [-0.2, 0) is 17.5 Å². The largest absolute Gasteiger partial charge is 0.416 e. The third kappa shape index (κ3) is 3.76. The Bertz CT molecular complexity index is 1090. The number of nitrogens with two attached hydrogens (primary N) is 1. The predicted molar refractivity (Wildman–Crippen MR) is 96.9 cm³/mol. The molecule has 4 atom stereocenters. The number of hydrogen-bond acceptors (Lipinski definition) is 8. The van der Waals surface area contributed by atoms with Gasteiger partial charge in [-0.2, -0.15) is 13.2 Å². The summed E-state index contributed by atoms with van der Waals surface area (Å²) in [6.07, 6.45) is -6.82. The van der Waals surface area contributed by atoms with E-state index in [0.29, 0.717) is 0 Å². The molecule has 1 saturated heterocycles. The number of ether oxygens (including phenoxy) is 1. The second-order valence-corrected chi connectivity index (χ2v) is 6.94. The van der Waals surface area contributed by atoms with Crippen molar-refractivity contribution in [3.05, 3.63) is 48.0 Å². The molecule has 10 nitrogen and oxygen atoms in total. The van der Waals surface area contributed by atoms with Gasteiger partial charge in [0.2, 0.25) is 11.2 Å². The quantitative estimate of drug-likeness (QED) is 0.390. The van der Waals surface area contributed by atoms with E-state index < -0.39 is 49.5 Å². The molecule has 5 N–H and O–H groups in total. The van der Waals surface area contributed by atoms with Gasteiger partial charge in [0.05, 0.1) is 12.2 Å². The van der Waals surface area contributed by atoms with E-state index in [0.717, 1.165) is 17.1 Å². The number of nitrogens with zero attached hydrogens (tertiary/aromatic N) is 4. The zero-order valence-corrected chi connectivity index (χ0v) is 15.8. The number of aliphatic hydroxyl groups excluding tert-OH is 3. The average molecular weight is 442 g/mol. The Balaban J connectivity index is 1.60. The molecule has 0 unspecified atom stereocenters. The second kappa shape index (κ2) is 7.92. The molecule has 1 aliphatic heterocycles. The highest BCUT2D eigenvalue weighted by Gasteiger charge is 2.44. The number of aliphatic hydroxyl groups is 3. The van der Waals surface area contributed by atoms with Gasteiger partial charge in [-0.25, -0.2) is 4.98 Å². The number of hydrogen-bond donors (Lipinski definition) is 4. The Morgan fingerprint density at radius 1 is 1.19 bits per heavy atom. The number of nitrogen functional groups attached to an aromatic ring is 1. The van der Waals surface area contributed by atoms with Gasteiger partial charge in [-0.15, -0.1) is 0 Å². The van der Waals surface area contributed by atoms with Gasteiger partial charge in [0, 0.05) is 5.56 Å². The molecule has 31 heavy (non-hydrogen) atoms. The topological polar surface area (TPSA) is 140 Å². The lowest BCUT2D eigenvalue weighted by atomic mass is 10.1. The minimum atomic E-state index is -4.53. The van der Waals surface area contributed by atoms with Crippen molar-refractivity contribution in [2.45, 2.75) is 37.3 Å². The fraction of sp³-hybridized carbons (Fsp3) is 0.389. The summed E-state index contributed by atoms with van der Waals surface area (Å²) in [5.41, 5.74) is 5.46. The fourth-order valence-corrected chi connectivity index (χ4v) is 3.40. The first kappa shape index (κ1) is 21.2. The maximum absolute atomic E-state index is 13.1. The highest BCUT2D eigenvalue weighted by molar-refractivity contribution is 5.79. The van der Waals surface area contributed by atoms with Crippen LogP contribution in [0.4, 0.5) is 19.0 Å². The highest BCUT2D eigenvalue weighted by Crippen LogP contribution is 2.33. The van der Waals surface area contributed by atoms with Gasteiger partial charge in [0.1, 0.15) is 24.6 Å². The molecule has 1 fully saturated rings. The fourth-order valence-electron chi connectivity index (χ4n) is 3.40. The summed E-state index contributed by atoms with van der Waals surface area (Å²) in [6.45, 7) is -0.919. The van der Waals surface area contributed by atoms with Crippen molar-refractivity contribution in [3.8, 4) is 0 Å². The zero-order chi connectivity index (χ0) is 22.3. The predicted octanol–water partition coefficient (Wildman–Crippen LogP) is -0.440. The molecule has 2 aromatic heterocycles. The van der Waals surface area contributed by atoms with Gasteiger partial charge in [-0.3, -0.25) is 4.57 Å². The summed E-state index contributed by atoms with van der Waals surface area (Å²) in [5, 5.41) is 29.4. The van der Waals surface area contributed by atoms with E-state index in [1.807, 2.05) is 0 Å². The smallest absolute Gasteiger partial charge is 0.394 e. The minimum Gasteiger partial charge on any atom is -0.394 e. The number of rotatable bonds is 5. The van der Waals surface area contributed by atoms with E-state index in [-0.39, 0.29) is 22.5 Å². The Hall–Kier alpha value is -3.00. The van der Waals surface area contributed by atoms with E-state index in [9.17, 15) is 28.5 Å².